The minimum atomic E-state index is -4.42. The highest BCUT2D eigenvalue weighted by Crippen LogP contribution is 2.45. The van der Waals surface area contributed by atoms with Gasteiger partial charge in [0.05, 0.1) is 18.7 Å². The third-order valence-corrected chi connectivity index (χ3v) is 5.09. The zero-order chi connectivity index (χ0) is 24.3. The molecule has 0 spiro atoms. The second-order valence-corrected chi connectivity index (χ2v) is 7.92. The molecule has 1 aliphatic rings. The number of benzene rings is 1. The highest BCUT2D eigenvalue weighted by atomic mass is 19.4. The Kier molecular flexibility index (Phi) is 6.49. The Morgan fingerprint density at radius 1 is 1.24 bits per heavy atom. The molecule has 1 fully saturated rings. The number of amides is 1. The van der Waals surface area contributed by atoms with Crippen LogP contribution in [0.1, 0.15) is 41.3 Å². The SMILES string of the molecule is N#Cc1nc(Cn2ccc(NC(=O)Cc3ccc(OCC(F)(F)F)c(C4CC4)c3)n2)ccc1F. The monoisotopic (exact) mass is 473 g/mol. The number of ether oxygens (including phenoxy) is 1. The molecule has 1 aliphatic carbocycles. The Hall–Kier alpha value is -3.94. The molecule has 0 saturated heterocycles. The first-order chi connectivity index (χ1) is 16.2. The van der Waals surface area contributed by atoms with Crippen LogP contribution in [0.3, 0.4) is 0 Å². The molecule has 0 atom stereocenters. The van der Waals surface area contributed by atoms with Crippen molar-refractivity contribution in [3.8, 4) is 11.8 Å². The Balaban J connectivity index is 1.37. The van der Waals surface area contributed by atoms with Crippen LogP contribution in [0.5, 0.6) is 5.75 Å². The summed E-state index contributed by atoms with van der Waals surface area (Å²) < 4.78 is 57.4. The Morgan fingerprint density at radius 2 is 2.03 bits per heavy atom. The molecule has 0 unspecified atom stereocenters. The van der Waals surface area contributed by atoms with E-state index in [9.17, 15) is 22.4 Å². The van der Waals surface area contributed by atoms with E-state index in [1.807, 2.05) is 0 Å². The normalized spacial score (nSPS) is 13.4. The number of aromatic nitrogens is 3. The van der Waals surface area contributed by atoms with Crippen molar-refractivity contribution in [3.63, 3.8) is 0 Å². The molecule has 2 heterocycles. The number of carbonyl (C=O) groups excluding carboxylic acids is 1. The van der Waals surface area contributed by atoms with Crippen LogP contribution in [0.25, 0.3) is 0 Å². The van der Waals surface area contributed by atoms with E-state index in [-0.39, 0.29) is 36.2 Å². The van der Waals surface area contributed by atoms with E-state index >= 15 is 0 Å². The van der Waals surface area contributed by atoms with Gasteiger partial charge in [-0.15, -0.1) is 0 Å². The van der Waals surface area contributed by atoms with Gasteiger partial charge in [0.25, 0.3) is 0 Å². The van der Waals surface area contributed by atoms with Crippen molar-refractivity contribution in [1.82, 2.24) is 14.8 Å². The molecule has 2 aromatic heterocycles. The van der Waals surface area contributed by atoms with Crippen molar-refractivity contribution in [3.05, 3.63) is 70.9 Å². The van der Waals surface area contributed by atoms with Crippen LogP contribution in [-0.4, -0.2) is 33.5 Å². The van der Waals surface area contributed by atoms with Crippen LogP contribution in [0.4, 0.5) is 23.4 Å². The van der Waals surface area contributed by atoms with Gasteiger partial charge in [0.15, 0.2) is 23.9 Å². The summed E-state index contributed by atoms with van der Waals surface area (Å²) in [5, 5.41) is 15.8. The minimum absolute atomic E-state index is 0.0111. The predicted octanol–water partition coefficient (Wildman–Crippen LogP) is 4.34. The first-order valence-corrected chi connectivity index (χ1v) is 10.4. The lowest BCUT2D eigenvalue weighted by Gasteiger charge is -2.14. The van der Waals surface area contributed by atoms with Crippen LogP contribution in [0, 0.1) is 17.1 Å². The zero-order valence-corrected chi connectivity index (χ0v) is 17.8. The van der Waals surface area contributed by atoms with E-state index in [0.29, 0.717) is 22.6 Å². The Labute approximate surface area is 192 Å². The average molecular weight is 473 g/mol. The van der Waals surface area contributed by atoms with Crippen molar-refractivity contribution in [2.45, 2.75) is 37.9 Å². The van der Waals surface area contributed by atoms with Gasteiger partial charge in [-0.2, -0.15) is 23.5 Å². The summed E-state index contributed by atoms with van der Waals surface area (Å²) in [6, 6.07) is 10.6. The highest BCUT2D eigenvalue weighted by molar-refractivity contribution is 5.91. The molecule has 1 aromatic carbocycles. The van der Waals surface area contributed by atoms with E-state index < -0.39 is 18.6 Å². The number of nitrogens with zero attached hydrogens (tertiary/aromatic N) is 4. The maximum atomic E-state index is 13.4. The molecule has 7 nitrogen and oxygen atoms in total. The van der Waals surface area contributed by atoms with Crippen LogP contribution >= 0.6 is 0 Å². The summed E-state index contributed by atoms with van der Waals surface area (Å²) >= 11 is 0. The molecule has 0 aliphatic heterocycles. The van der Waals surface area contributed by atoms with Gasteiger partial charge in [0.1, 0.15) is 11.8 Å². The number of anilines is 1. The third kappa shape index (κ3) is 6.10. The number of rotatable bonds is 8. The topological polar surface area (TPSA) is 92.8 Å². The first-order valence-electron chi connectivity index (χ1n) is 10.4. The van der Waals surface area contributed by atoms with Gasteiger partial charge in [-0.25, -0.2) is 9.37 Å². The standard InChI is InChI=1S/C23H19F4N5O2/c24-18-5-4-16(29-19(18)11-28)12-32-8-7-21(31-32)30-22(33)10-14-1-6-20(34-13-23(25,26)27)17(9-14)15-2-3-15/h1,4-9,15H,2-3,10,12-13H2,(H,30,31,33). The third-order valence-electron chi connectivity index (χ3n) is 5.09. The molecule has 1 amide bonds. The Bertz CT molecular complexity index is 1240. The zero-order valence-electron chi connectivity index (χ0n) is 17.8. The second-order valence-electron chi connectivity index (χ2n) is 7.92. The quantitative estimate of drug-likeness (QED) is 0.492. The second kappa shape index (κ2) is 9.51. The summed E-state index contributed by atoms with van der Waals surface area (Å²) in [5.74, 6) is -0.424. The van der Waals surface area contributed by atoms with E-state index in [1.54, 1.807) is 30.5 Å². The molecule has 11 heteroatoms. The molecule has 1 N–H and O–H groups in total. The van der Waals surface area contributed by atoms with Crippen LogP contribution in [0.15, 0.2) is 42.6 Å². The van der Waals surface area contributed by atoms with E-state index in [1.165, 1.54) is 16.8 Å². The number of alkyl halides is 3. The highest BCUT2D eigenvalue weighted by Gasteiger charge is 2.31. The van der Waals surface area contributed by atoms with Crippen LogP contribution in [-0.2, 0) is 17.8 Å². The molecule has 0 radical (unpaired) electrons. The summed E-state index contributed by atoms with van der Waals surface area (Å²) in [4.78, 5) is 16.4. The van der Waals surface area contributed by atoms with Gasteiger partial charge in [0, 0.05) is 12.3 Å². The molecule has 3 aromatic rings. The number of carbonyl (C=O) groups is 1. The van der Waals surface area contributed by atoms with Crippen molar-refractivity contribution in [2.24, 2.45) is 0 Å². The predicted molar refractivity (Wildman–Crippen MR) is 113 cm³/mol. The summed E-state index contributed by atoms with van der Waals surface area (Å²) in [6.45, 7) is -1.19. The molecular weight excluding hydrogens is 454 g/mol. The molecule has 4 rings (SSSR count). The number of hydrogen-bond donors (Lipinski definition) is 1. The van der Waals surface area contributed by atoms with Gasteiger partial charge in [-0.1, -0.05) is 12.1 Å². The van der Waals surface area contributed by atoms with Gasteiger partial charge in [-0.3, -0.25) is 9.48 Å². The van der Waals surface area contributed by atoms with Crippen LogP contribution < -0.4 is 10.1 Å². The number of halogens is 4. The van der Waals surface area contributed by atoms with Crippen molar-refractivity contribution in [2.75, 3.05) is 11.9 Å². The fourth-order valence-electron chi connectivity index (χ4n) is 3.42. The maximum Gasteiger partial charge on any atom is 0.422 e. The smallest absolute Gasteiger partial charge is 0.422 e. The average Bonchev–Trinajstić information content (AvgIpc) is 3.54. The lowest BCUT2D eigenvalue weighted by Crippen LogP contribution is -2.20. The first kappa shape index (κ1) is 23.2. The summed E-state index contributed by atoms with van der Waals surface area (Å²) in [7, 11) is 0. The van der Waals surface area contributed by atoms with E-state index in [2.05, 4.69) is 15.4 Å². The fraction of sp³-hybridized carbons (Fsp3) is 0.304. The fourth-order valence-corrected chi connectivity index (χ4v) is 3.42. The molecule has 1 saturated carbocycles. The maximum absolute atomic E-state index is 13.4. The van der Waals surface area contributed by atoms with Gasteiger partial charge >= 0.3 is 6.18 Å². The number of nitriles is 1. The number of nitrogens with one attached hydrogen (secondary N) is 1. The molecule has 176 valence electrons. The molecular formula is C23H19F4N5O2. The van der Waals surface area contributed by atoms with Crippen molar-refractivity contribution >= 4 is 11.7 Å². The van der Waals surface area contributed by atoms with E-state index in [0.717, 1.165) is 18.9 Å². The van der Waals surface area contributed by atoms with E-state index in [4.69, 9.17) is 10.00 Å². The van der Waals surface area contributed by atoms with Gasteiger partial charge in [0.2, 0.25) is 5.91 Å². The summed E-state index contributed by atoms with van der Waals surface area (Å²) in [5.41, 5.74) is 1.46. The lowest BCUT2D eigenvalue weighted by atomic mass is 10.0. The lowest BCUT2D eigenvalue weighted by molar-refractivity contribution is -0.153. The largest absolute Gasteiger partial charge is 0.484 e. The molecule has 0 bridgehead atoms. The molecule has 34 heavy (non-hydrogen) atoms. The Morgan fingerprint density at radius 3 is 2.74 bits per heavy atom. The number of pyridine rings is 1. The van der Waals surface area contributed by atoms with Gasteiger partial charge in [-0.05, 0) is 48.1 Å². The van der Waals surface area contributed by atoms with Crippen LogP contribution in [0.2, 0.25) is 0 Å². The summed E-state index contributed by atoms with van der Waals surface area (Å²) in [6.07, 6.45) is -1.07. The van der Waals surface area contributed by atoms with Gasteiger partial charge < -0.3 is 10.1 Å². The van der Waals surface area contributed by atoms with Crippen molar-refractivity contribution < 1.29 is 27.1 Å². The number of hydrogen-bond acceptors (Lipinski definition) is 5. The van der Waals surface area contributed by atoms with Crippen molar-refractivity contribution in [1.29, 1.82) is 5.26 Å². The minimum Gasteiger partial charge on any atom is -0.484 e.